The molecular formula is C21H27N5O5S2. The number of aromatic nitrogens is 3. The van der Waals surface area contributed by atoms with E-state index < -0.39 is 10.0 Å². The summed E-state index contributed by atoms with van der Waals surface area (Å²) in [5, 5.41) is 11.4. The minimum absolute atomic E-state index is 0.0216. The molecule has 1 aromatic carbocycles. The molecule has 0 fully saturated rings. The molecule has 1 amide bonds. The number of hydrogen-bond donors (Lipinski definition) is 2. The van der Waals surface area contributed by atoms with Gasteiger partial charge < -0.3 is 14.8 Å². The number of methoxy groups -OCH3 is 2. The van der Waals surface area contributed by atoms with Gasteiger partial charge in [0.2, 0.25) is 15.9 Å². The van der Waals surface area contributed by atoms with Crippen LogP contribution < -0.4 is 19.5 Å². The number of carbonyl (C=O) groups excluding carboxylic acids is 1. The molecule has 0 bridgehead atoms. The van der Waals surface area contributed by atoms with Crippen molar-refractivity contribution >= 4 is 33.3 Å². The van der Waals surface area contributed by atoms with Crippen molar-refractivity contribution in [1.82, 2.24) is 24.6 Å². The number of amides is 1. The summed E-state index contributed by atoms with van der Waals surface area (Å²) < 4.78 is 39.8. The molecule has 1 atom stereocenters. The minimum atomic E-state index is -3.82. The predicted molar refractivity (Wildman–Crippen MR) is 126 cm³/mol. The van der Waals surface area contributed by atoms with E-state index in [1.54, 1.807) is 11.8 Å². The van der Waals surface area contributed by atoms with E-state index in [1.807, 2.05) is 35.1 Å². The molecule has 2 aromatic heterocycles. The molecule has 0 aliphatic heterocycles. The average molecular weight is 494 g/mol. The summed E-state index contributed by atoms with van der Waals surface area (Å²) in [5.41, 5.74) is 0.693. The number of carbonyl (C=O) groups is 1. The van der Waals surface area contributed by atoms with E-state index >= 15 is 0 Å². The van der Waals surface area contributed by atoms with Gasteiger partial charge in [0.25, 0.3) is 0 Å². The van der Waals surface area contributed by atoms with Crippen molar-refractivity contribution in [2.45, 2.75) is 23.8 Å². The maximum atomic E-state index is 12.6. The van der Waals surface area contributed by atoms with Gasteiger partial charge in [-0.15, -0.1) is 10.2 Å². The highest BCUT2D eigenvalue weighted by atomic mass is 32.2. The summed E-state index contributed by atoms with van der Waals surface area (Å²) in [6.07, 6.45) is 4.48. The summed E-state index contributed by atoms with van der Waals surface area (Å²) in [5.74, 6) is 1.89. The van der Waals surface area contributed by atoms with Crippen LogP contribution in [-0.4, -0.2) is 61.7 Å². The quantitative estimate of drug-likeness (QED) is 0.393. The standard InChI is InChI=1S/C21H27N5O5S2/c1-30-17-8-7-15(14-18(17)31-2)33(28,29)22-11-9-20(27)23-16(10-13-32-3)21-25-24-19-6-4-5-12-26(19)21/h4-8,12,14,16,22H,9-11,13H2,1-3H3,(H,23,27). The summed E-state index contributed by atoms with van der Waals surface area (Å²) in [7, 11) is -0.925. The van der Waals surface area contributed by atoms with E-state index in [4.69, 9.17) is 9.47 Å². The number of benzene rings is 1. The van der Waals surface area contributed by atoms with Crippen LogP contribution >= 0.6 is 11.8 Å². The highest BCUT2D eigenvalue weighted by Crippen LogP contribution is 2.29. The summed E-state index contributed by atoms with van der Waals surface area (Å²) in [6.45, 7) is -0.0572. The van der Waals surface area contributed by atoms with Gasteiger partial charge in [-0.25, -0.2) is 13.1 Å². The first kappa shape index (κ1) is 24.8. The van der Waals surface area contributed by atoms with E-state index in [0.717, 1.165) is 5.75 Å². The minimum Gasteiger partial charge on any atom is -0.493 e. The van der Waals surface area contributed by atoms with Crippen molar-refractivity contribution in [3.63, 3.8) is 0 Å². The third-order valence-electron chi connectivity index (χ3n) is 4.91. The fourth-order valence-corrected chi connectivity index (χ4v) is 4.75. The molecule has 12 heteroatoms. The first-order chi connectivity index (χ1) is 15.9. The number of pyridine rings is 1. The SMILES string of the molecule is COc1ccc(S(=O)(=O)NCCC(=O)NC(CCSC)c2nnc3ccccn23)cc1OC. The predicted octanol–water partition coefficient (Wildman–Crippen LogP) is 2.03. The van der Waals surface area contributed by atoms with Gasteiger partial charge in [0.1, 0.15) is 0 Å². The van der Waals surface area contributed by atoms with E-state index in [9.17, 15) is 13.2 Å². The Morgan fingerprint density at radius 3 is 2.67 bits per heavy atom. The topological polar surface area (TPSA) is 124 Å². The molecule has 0 spiro atoms. The molecule has 2 heterocycles. The van der Waals surface area contributed by atoms with Gasteiger partial charge in [-0.05, 0) is 42.7 Å². The monoisotopic (exact) mass is 493 g/mol. The van der Waals surface area contributed by atoms with Crippen LogP contribution in [0.15, 0.2) is 47.5 Å². The highest BCUT2D eigenvalue weighted by Gasteiger charge is 2.21. The number of hydrogen-bond acceptors (Lipinski definition) is 8. The Morgan fingerprint density at radius 2 is 1.94 bits per heavy atom. The number of ether oxygens (including phenoxy) is 2. The zero-order chi connectivity index (χ0) is 23.8. The fraction of sp³-hybridized carbons (Fsp3) is 0.381. The Labute approximate surface area is 197 Å². The Balaban J connectivity index is 1.63. The van der Waals surface area contributed by atoms with Crippen molar-refractivity contribution in [3.8, 4) is 11.5 Å². The normalized spacial score (nSPS) is 12.5. The third kappa shape index (κ3) is 6.15. The molecule has 2 N–H and O–H groups in total. The van der Waals surface area contributed by atoms with Gasteiger partial charge >= 0.3 is 0 Å². The van der Waals surface area contributed by atoms with Crippen LogP contribution in [-0.2, 0) is 14.8 Å². The van der Waals surface area contributed by atoms with Crippen molar-refractivity contribution in [3.05, 3.63) is 48.4 Å². The molecule has 0 radical (unpaired) electrons. The summed E-state index contributed by atoms with van der Waals surface area (Å²) >= 11 is 1.66. The van der Waals surface area contributed by atoms with Crippen LogP contribution in [0.1, 0.15) is 24.7 Å². The number of rotatable bonds is 12. The lowest BCUT2D eigenvalue weighted by Gasteiger charge is -2.17. The highest BCUT2D eigenvalue weighted by molar-refractivity contribution is 7.98. The van der Waals surface area contributed by atoms with E-state index in [2.05, 4.69) is 20.2 Å². The molecule has 0 saturated heterocycles. The number of fused-ring (bicyclic) bond motifs is 1. The molecule has 1 unspecified atom stereocenters. The maximum absolute atomic E-state index is 12.6. The molecular weight excluding hydrogens is 466 g/mol. The molecule has 0 aliphatic rings. The summed E-state index contributed by atoms with van der Waals surface area (Å²) in [6, 6.07) is 9.54. The Morgan fingerprint density at radius 1 is 1.15 bits per heavy atom. The smallest absolute Gasteiger partial charge is 0.240 e. The maximum Gasteiger partial charge on any atom is 0.240 e. The van der Waals surface area contributed by atoms with Crippen LogP contribution in [0.25, 0.3) is 5.65 Å². The second kappa shape index (κ2) is 11.3. The van der Waals surface area contributed by atoms with Crippen molar-refractivity contribution < 1.29 is 22.7 Å². The zero-order valence-corrected chi connectivity index (χ0v) is 20.3. The van der Waals surface area contributed by atoms with E-state index in [1.165, 1.54) is 32.4 Å². The van der Waals surface area contributed by atoms with Crippen molar-refractivity contribution in [1.29, 1.82) is 0 Å². The molecule has 10 nitrogen and oxygen atoms in total. The molecule has 3 aromatic rings. The molecule has 33 heavy (non-hydrogen) atoms. The molecule has 178 valence electrons. The number of sulfonamides is 1. The van der Waals surface area contributed by atoms with Crippen LogP contribution in [0.2, 0.25) is 0 Å². The Kier molecular flexibility index (Phi) is 8.53. The van der Waals surface area contributed by atoms with Gasteiger partial charge in [-0.1, -0.05) is 6.07 Å². The molecule has 0 aliphatic carbocycles. The van der Waals surface area contributed by atoms with Crippen molar-refractivity contribution in [2.24, 2.45) is 0 Å². The van der Waals surface area contributed by atoms with Crippen LogP contribution in [0.5, 0.6) is 11.5 Å². The number of thioether (sulfide) groups is 1. The van der Waals surface area contributed by atoms with Gasteiger partial charge in [0.05, 0.1) is 25.2 Å². The van der Waals surface area contributed by atoms with Crippen LogP contribution in [0, 0.1) is 0 Å². The van der Waals surface area contributed by atoms with Gasteiger partial charge in [0, 0.05) is 25.2 Å². The average Bonchev–Trinajstić information content (AvgIpc) is 3.25. The van der Waals surface area contributed by atoms with Crippen LogP contribution in [0.3, 0.4) is 0 Å². The number of nitrogens with one attached hydrogen (secondary N) is 2. The Bertz CT molecular complexity index is 1200. The molecule has 3 rings (SSSR count). The fourth-order valence-electron chi connectivity index (χ4n) is 3.23. The lowest BCUT2D eigenvalue weighted by Crippen LogP contribution is -2.34. The van der Waals surface area contributed by atoms with Crippen molar-refractivity contribution in [2.75, 3.05) is 32.8 Å². The largest absolute Gasteiger partial charge is 0.493 e. The van der Waals surface area contributed by atoms with Gasteiger partial charge in [0.15, 0.2) is 23.0 Å². The summed E-state index contributed by atoms with van der Waals surface area (Å²) in [4.78, 5) is 12.6. The second-order valence-corrected chi connectivity index (χ2v) is 9.81. The van der Waals surface area contributed by atoms with Gasteiger partial charge in [-0.3, -0.25) is 9.20 Å². The lowest BCUT2D eigenvalue weighted by atomic mass is 10.2. The van der Waals surface area contributed by atoms with Gasteiger partial charge in [-0.2, -0.15) is 11.8 Å². The van der Waals surface area contributed by atoms with Crippen LogP contribution in [0.4, 0.5) is 0 Å². The zero-order valence-electron chi connectivity index (χ0n) is 18.6. The first-order valence-electron chi connectivity index (χ1n) is 10.2. The van der Waals surface area contributed by atoms with E-state index in [-0.39, 0.29) is 29.8 Å². The first-order valence-corrected chi connectivity index (χ1v) is 13.1. The molecule has 0 saturated carbocycles. The third-order valence-corrected chi connectivity index (χ3v) is 7.01. The lowest BCUT2D eigenvalue weighted by molar-refractivity contribution is -0.121. The second-order valence-electron chi connectivity index (χ2n) is 7.05. The van der Waals surface area contributed by atoms with E-state index in [0.29, 0.717) is 29.4 Å². The Hall–Kier alpha value is -2.83. The number of nitrogens with zero attached hydrogens (tertiary/aromatic N) is 3.